The summed E-state index contributed by atoms with van der Waals surface area (Å²) in [7, 11) is 0. The number of carbonyl (C=O) groups excluding carboxylic acids is 2. The van der Waals surface area contributed by atoms with Gasteiger partial charge in [-0.2, -0.15) is 5.10 Å². The summed E-state index contributed by atoms with van der Waals surface area (Å²) in [6.07, 6.45) is 6.33. The van der Waals surface area contributed by atoms with Crippen molar-refractivity contribution in [2.75, 3.05) is 6.61 Å². The number of ketones is 1. The van der Waals surface area contributed by atoms with Gasteiger partial charge in [-0.05, 0) is 54.2 Å². The lowest BCUT2D eigenvalue weighted by atomic mass is 10.0. The third kappa shape index (κ3) is 3.95. The van der Waals surface area contributed by atoms with Crippen molar-refractivity contribution < 1.29 is 14.3 Å². The van der Waals surface area contributed by atoms with Crippen LogP contribution in [0.3, 0.4) is 0 Å². The highest BCUT2D eigenvalue weighted by atomic mass is 16.5. The Labute approximate surface area is 156 Å². The molecule has 136 valence electrons. The van der Waals surface area contributed by atoms with Crippen molar-refractivity contribution in [2.24, 2.45) is 0 Å². The van der Waals surface area contributed by atoms with Gasteiger partial charge in [0.1, 0.15) is 12.7 Å². The Bertz CT molecular complexity index is 963. The van der Waals surface area contributed by atoms with Crippen molar-refractivity contribution >= 4 is 11.8 Å². The number of aromatic nitrogens is 3. The zero-order chi connectivity index (χ0) is 18.6. The lowest BCUT2D eigenvalue weighted by Gasteiger charge is -2.07. The van der Waals surface area contributed by atoms with Crippen LogP contribution < -0.4 is 0 Å². The van der Waals surface area contributed by atoms with Crippen molar-refractivity contribution in [2.45, 2.75) is 25.8 Å². The van der Waals surface area contributed by atoms with Gasteiger partial charge in [0, 0.05) is 5.56 Å². The monoisotopic (exact) mass is 361 g/mol. The summed E-state index contributed by atoms with van der Waals surface area (Å²) >= 11 is 0. The van der Waals surface area contributed by atoms with Gasteiger partial charge in [0.15, 0.2) is 12.4 Å². The minimum Gasteiger partial charge on any atom is -0.454 e. The molecule has 0 saturated carbocycles. The van der Waals surface area contributed by atoms with Crippen LogP contribution in [0, 0.1) is 0 Å². The molecule has 3 aromatic rings. The average molecular weight is 361 g/mol. The molecule has 0 fully saturated rings. The highest BCUT2D eigenvalue weighted by Crippen LogP contribution is 2.23. The second-order valence-electron chi connectivity index (χ2n) is 6.63. The van der Waals surface area contributed by atoms with Crippen molar-refractivity contribution in [1.82, 2.24) is 14.8 Å². The molecule has 0 amide bonds. The summed E-state index contributed by atoms with van der Waals surface area (Å²) in [6, 6.07) is 12.8. The van der Waals surface area contributed by atoms with E-state index in [1.54, 1.807) is 23.1 Å². The van der Waals surface area contributed by atoms with Crippen molar-refractivity contribution in [3.8, 4) is 0 Å². The maximum Gasteiger partial charge on any atom is 0.338 e. The van der Waals surface area contributed by atoms with Crippen LogP contribution in [0.15, 0.2) is 55.1 Å². The largest absolute Gasteiger partial charge is 0.454 e. The fourth-order valence-electron chi connectivity index (χ4n) is 3.29. The van der Waals surface area contributed by atoms with Crippen LogP contribution in [0.25, 0.3) is 0 Å². The van der Waals surface area contributed by atoms with Crippen LogP contribution in [0.2, 0.25) is 0 Å². The molecule has 0 bridgehead atoms. The smallest absolute Gasteiger partial charge is 0.338 e. The molecular weight excluding hydrogens is 342 g/mol. The lowest BCUT2D eigenvalue weighted by molar-refractivity contribution is 0.0474. The Morgan fingerprint density at radius 1 is 1.00 bits per heavy atom. The molecule has 0 unspecified atom stereocenters. The SMILES string of the molecule is O=C(COC(=O)c1ccc(Cn2cncn2)cc1)c1ccc2c(c1)CCC2. The van der Waals surface area contributed by atoms with Gasteiger partial charge in [0.2, 0.25) is 0 Å². The maximum atomic E-state index is 12.3. The number of hydrogen-bond donors (Lipinski definition) is 0. The lowest BCUT2D eigenvalue weighted by Crippen LogP contribution is -2.14. The molecule has 1 aliphatic carbocycles. The number of rotatable bonds is 6. The molecular formula is C21H19N3O3. The summed E-state index contributed by atoms with van der Waals surface area (Å²) in [4.78, 5) is 28.4. The number of fused-ring (bicyclic) bond motifs is 1. The van der Waals surface area contributed by atoms with E-state index in [2.05, 4.69) is 10.1 Å². The van der Waals surface area contributed by atoms with E-state index in [1.165, 1.54) is 17.5 Å². The van der Waals surface area contributed by atoms with Crippen LogP contribution in [0.4, 0.5) is 0 Å². The number of benzene rings is 2. The standard InChI is InChI=1S/C21H19N3O3/c25-20(19-9-8-16-2-1-3-18(16)10-19)12-27-21(26)17-6-4-15(5-7-17)11-24-14-22-13-23-24/h4-10,13-14H,1-3,11-12H2. The van der Waals surface area contributed by atoms with Crippen molar-refractivity contribution in [1.29, 1.82) is 0 Å². The molecule has 0 saturated heterocycles. The second kappa shape index (κ2) is 7.53. The van der Waals surface area contributed by atoms with Crippen molar-refractivity contribution in [3.63, 3.8) is 0 Å². The quantitative estimate of drug-likeness (QED) is 0.499. The molecule has 6 heteroatoms. The predicted octanol–water partition coefficient (Wildman–Crippen LogP) is 2.85. The van der Waals surface area contributed by atoms with E-state index in [0.717, 1.165) is 24.8 Å². The van der Waals surface area contributed by atoms with Gasteiger partial charge in [0.05, 0.1) is 12.1 Å². The number of hydrogen-bond acceptors (Lipinski definition) is 5. The molecule has 27 heavy (non-hydrogen) atoms. The average Bonchev–Trinajstić information content (AvgIpc) is 3.37. The first-order valence-electron chi connectivity index (χ1n) is 8.92. The molecule has 0 atom stereocenters. The molecule has 4 rings (SSSR count). The van der Waals surface area contributed by atoms with E-state index in [1.807, 2.05) is 30.3 Å². The summed E-state index contributed by atoms with van der Waals surface area (Å²) in [5.41, 5.74) is 4.56. The van der Waals surface area contributed by atoms with Gasteiger partial charge in [0.25, 0.3) is 0 Å². The minimum absolute atomic E-state index is 0.180. The Morgan fingerprint density at radius 3 is 2.56 bits per heavy atom. The van der Waals surface area contributed by atoms with Crippen LogP contribution in [0.1, 0.15) is 43.8 Å². The summed E-state index contributed by atoms with van der Waals surface area (Å²) < 4.78 is 6.89. The normalized spacial score (nSPS) is 12.6. The summed E-state index contributed by atoms with van der Waals surface area (Å²) in [5.74, 6) is -0.683. The Kier molecular flexibility index (Phi) is 4.78. The van der Waals surface area contributed by atoms with Gasteiger partial charge >= 0.3 is 5.97 Å². The topological polar surface area (TPSA) is 74.1 Å². The number of aryl methyl sites for hydroxylation is 2. The van der Waals surface area contributed by atoms with Gasteiger partial charge in [-0.25, -0.2) is 14.5 Å². The van der Waals surface area contributed by atoms with Crippen LogP contribution in [0.5, 0.6) is 0 Å². The molecule has 1 aromatic heterocycles. The number of nitrogens with zero attached hydrogens (tertiary/aromatic N) is 3. The maximum absolute atomic E-state index is 12.3. The second-order valence-corrected chi connectivity index (χ2v) is 6.63. The van der Waals surface area contributed by atoms with E-state index >= 15 is 0 Å². The Hall–Kier alpha value is -3.28. The predicted molar refractivity (Wildman–Crippen MR) is 98.6 cm³/mol. The fraction of sp³-hybridized carbons (Fsp3) is 0.238. The first-order valence-corrected chi connectivity index (χ1v) is 8.92. The highest BCUT2D eigenvalue weighted by molar-refractivity contribution is 5.99. The Morgan fingerprint density at radius 2 is 1.78 bits per heavy atom. The van der Waals surface area contributed by atoms with Crippen molar-refractivity contribution in [3.05, 3.63) is 82.9 Å². The molecule has 0 N–H and O–H groups in total. The molecule has 0 spiro atoms. The summed E-state index contributed by atoms with van der Waals surface area (Å²) in [5, 5.41) is 4.04. The third-order valence-electron chi connectivity index (χ3n) is 4.76. The molecule has 1 heterocycles. The van der Waals surface area contributed by atoms with Crippen LogP contribution in [-0.4, -0.2) is 33.1 Å². The van der Waals surface area contributed by atoms with E-state index < -0.39 is 5.97 Å². The van der Waals surface area contributed by atoms with Gasteiger partial charge in [-0.1, -0.05) is 24.3 Å². The fourth-order valence-corrected chi connectivity index (χ4v) is 3.29. The molecule has 0 aliphatic heterocycles. The molecule has 1 aliphatic rings. The van der Waals surface area contributed by atoms with Crippen LogP contribution >= 0.6 is 0 Å². The van der Waals surface area contributed by atoms with E-state index in [4.69, 9.17) is 4.74 Å². The number of esters is 1. The van der Waals surface area contributed by atoms with Gasteiger partial charge in [-0.15, -0.1) is 0 Å². The van der Waals surface area contributed by atoms with Crippen LogP contribution in [-0.2, 0) is 24.1 Å². The molecule has 0 radical (unpaired) electrons. The summed E-state index contributed by atoms with van der Waals surface area (Å²) in [6.45, 7) is 0.324. The minimum atomic E-state index is -0.503. The molecule has 6 nitrogen and oxygen atoms in total. The Balaban J connectivity index is 1.34. The first kappa shape index (κ1) is 17.1. The zero-order valence-corrected chi connectivity index (χ0v) is 14.8. The van der Waals surface area contributed by atoms with E-state index in [9.17, 15) is 9.59 Å². The van der Waals surface area contributed by atoms with E-state index in [-0.39, 0.29) is 12.4 Å². The van der Waals surface area contributed by atoms with Gasteiger partial charge < -0.3 is 4.74 Å². The van der Waals surface area contributed by atoms with E-state index in [0.29, 0.717) is 17.7 Å². The number of Topliss-reactive ketones (excluding diaryl/α,β-unsaturated/α-hetero) is 1. The number of carbonyl (C=O) groups is 2. The first-order chi connectivity index (χ1) is 13.2. The highest BCUT2D eigenvalue weighted by Gasteiger charge is 2.16. The molecule has 2 aromatic carbocycles. The third-order valence-corrected chi connectivity index (χ3v) is 4.76. The zero-order valence-electron chi connectivity index (χ0n) is 14.8. The van der Waals surface area contributed by atoms with Gasteiger partial charge in [-0.3, -0.25) is 4.79 Å². The number of ether oxygens (including phenoxy) is 1.